The predicted octanol–water partition coefficient (Wildman–Crippen LogP) is 3.31. The highest BCUT2D eigenvalue weighted by atomic mass is 35.5. The van der Waals surface area contributed by atoms with Crippen LogP contribution < -0.4 is 4.90 Å². The summed E-state index contributed by atoms with van der Waals surface area (Å²) in [4.78, 5) is 43.1. The lowest BCUT2D eigenvalue weighted by Gasteiger charge is -2.27. The van der Waals surface area contributed by atoms with Gasteiger partial charge in [0.25, 0.3) is 0 Å². The summed E-state index contributed by atoms with van der Waals surface area (Å²) < 4.78 is 13.3. The molecule has 2 amide bonds. The Labute approximate surface area is 172 Å². The van der Waals surface area contributed by atoms with Gasteiger partial charge in [-0.1, -0.05) is 11.6 Å². The van der Waals surface area contributed by atoms with Crippen LogP contribution in [0.3, 0.4) is 0 Å². The first-order valence-corrected chi connectivity index (χ1v) is 10.0. The van der Waals surface area contributed by atoms with Crippen LogP contribution in [0.25, 0.3) is 0 Å². The summed E-state index contributed by atoms with van der Waals surface area (Å²) in [7, 11) is 0. The Morgan fingerprint density at radius 1 is 0.966 bits per heavy atom. The molecule has 0 spiro atoms. The number of rotatable bonds is 3. The Kier molecular flexibility index (Phi) is 4.29. The van der Waals surface area contributed by atoms with Crippen LogP contribution in [0.1, 0.15) is 23.2 Å². The van der Waals surface area contributed by atoms with E-state index in [1.807, 2.05) is 4.90 Å². The largest absolute Gasteiger partial charge is 0.292 e. The number of carbonyl (C=O) groups excluding carboxylic acids is 3. The van der Waals surface area contributed by atoms with Gasteiger partial charge < -0.3 is 0 Å². The van der Waals surface area contributed by atoms with Gasteiger partial charge in [-0.2, -0.15) is 0 Å². The maximum Gasteiger partial charge on any atom is 0.239 e. The molecular weight excluding hydrogens is 395 g/mol. The van der Waals surface area contributed by atoms with Crippen molar-refractivity contribution < 1.29 is 18.8 Å². The Balaban J connectivity index is 1.54. The van der Waals surface area contributed by atoms with Crippen molar-refractivity contribution in [2.45, 2.75) is 24.9 Å². The second-order valence-electron chi connectivity index (χ2n) is 7.80. The predicted molar refractivity (Wildman–Crippen MR) is 105 cm³/mol. The number of fused-ring (bicyclic) bond motifs is 3. The first-order chi connectivity index (χ1) is 14.0. The Morgan fingerprint density at radius 2 is 1.62 bits per heavy atom. The minimum atomic E-state index is -0.721. The van der Waals surface area contributed by atoms with Crippen LogP contribution in [0.15, 0.2) is 48.5 Å². The minimum Gasteiger partial charge on any atom is -0.292 e. The third kappa shape index (κ3) is 2.74. The maximum atomic E-state index is 13.3. The van der Waals surface area contributed by atoms with Gasteiger partial charge in [0.05, 0.1) is 23.6 Å². The molecule has 0 saturated carbocycles. The van der Waals surface area contributed by atoms with Gasteiger partial charge >= 0.3 is 0 Å². The molecule has 0 radical (unpaired) electrons. The maximum absolute atomic E-state index is 13.3. The summed E-state index contributed by atoms with van der Waals surface area (Å²) in [5.41, 5.74) is 0.823. The zero-order valence-corrected chi connectivity index (χ0v) is 16.2. The van der Waals surface area contributed by atoms with Gasteiger partial charge in [-0.3, -0.25) is 19.3 Å². The molecule has 0 aromatic heterocycles. The molecule has 3 aliphatic heterocycles. The van der Waals surface area contributed by atoms with E-state index in [2.05, 4.69) is 0 Å². The number of nitrogens with zero attached hydrogens (tertiary/aromatic N) is 2. The Hall–Kier alpha value is -2.57. The summed E-state index contributed by atoms with van der Waals surface area (Å²) in [5, 5.41) is 0.513. The molecule has 5 rings (SSSR count). The third-order valence-corrected chi connectivity index (χ3v) is 6.59. The summed E-state index contributed by atoms with van der Waals surface area (Å²) in [6.07, 6.45) is 1.66. The number of Topliss-reactive ketones (excluding diaryl/α,β-unsaturated/α-hetero) is 1. The molecule has 0 bridgehead atoms. The lowest BCUT2D eigenvalue weighted by atomic mass is 9.85. The molecule has 2 aromatic carbocycles. The lowest BCUT2D eigenvalue weighted by molar-refractivity contribution is -0.123. The zero-order valence-electron chi connectivity index (χ0n) is 15.4. The average molecular weight is 413 g/mol. The third-order valence-electron chi connectivity index (χ3n) is 6.33. The van der Waals surface area contributed by atoms with Gasteiger partial charge in [-0.25, -0.2) is 9.29 Å². The van der Waals surface area contributed by atoms with Gasteiger partial charge in [-0.05, 0) is 67.9 Å². The van der Waals surface area contributed by atoms with Crippen molar-refractivity contribution in [2.24, 2.45) is 11.8 Å². The molecule has 3 aliphatic rings. The molecule has 3 saturated heterocycles. The summed E-state index contributed by atoms with van der Waals surface area (Å²) in [6, 6.07) is 11.1. The number of carbonyl (C=O) groups is 3. The molecule has 29 heavy (non-hydrogen) atoms. The summed E-state index contributed by atoms with van der Waals surface area (Å²) in [6.45, 7) is 0.677. The van der Waals surface area contributed by atoms with Crippen LogP contribution in [-0.2, 0) is 9.59 Å². The molecule has 0 aliphatic carbocycles. The molecular formula is C22H18ClFN2O3. The molecule has 2 aromatic rings. The van der Waals surface area contributed by atoms with Crippen molar-refractivity contribution in [3.63, 3.8) is 0 Å². The first kappa shape index (κ1) is 18.5. The number of hydrogen-bond donors (Lipinski definition) is 0. The number of amides is 2. The van der Waals surface area contributed by atoms with Crippen molar-refractivity contribution >= 4 is 34.9 Å². The van der Waals surface area contributed by atoms with Crippen LogP contribution in [0.4, 0.5) is 10.1 Å². The van der Waals surface area contributed by atoms with Crippen molar-refractivity contribution in [2.75, 3.05) is 11.4 Å². The van der Waals surface area contributed by atoms with E-state index in [-0.39, 0.29) is 23.6 Å². The van der Waals surface area contributed by atoms with Crippen molar-refractivity contribution in [3.05, 3.63) is 64.9 Å². The monoisotopic (exact) mass is 412 g/mol. The van der Waals surface area contributed by atoms with E-state index in [1.54, 1.807) is 24.3 Å². The first-order valence-electron chi connectivity index (χ1n) is 9.66. The quantitative estimate of drug-likeness (QED) is 0.573. The number of imide groups is 1. The fourth-order valence-corrected chi connectivity index (χ4v) is 5.27. The average Bonchev–Trinajstić information content (AvgIpc) is 3.35. The van der Waals surface area contributed by atoms with Gasteiger partial charge in [-0.15, -0.1) is 0 Å². The molecule has 3 fully saturated rings. The molecule has 0 unspecified atom stereocenters. The molecule has 5 nitrogen and oxygen atoms in total. The zero-order chi connectivity index (χ0) is 20.3. The van der Waals surface area contributed by atoms with Crippen LogP contribution in [0, 0.1) is 17.7 Å². The van der Waals surface area contributed by atoms with Crippen molar-refractivity contribution in [1.29, 1.82) is 0 Å². The highest BCUT2D eigenvalue weighted by Crippen LogP contribution is 2.48. The molecule has 4 atom stereocenters. The van der Waals surface area contributed by atoms with Crippen LogP contribution in [0.2, 0.25) is 5.02 Å². The number of anilines is 1. The van der Waals surface area contributed by atoms with E-state index >= 15 is 0 Å². The molecule has 7 heteroatoms. The normalized spacial score (nSPS) is 28.7. The van der Waals surface area contributed by atoms with E-state index in [0.717, 1.165) is 12.8 Å². The summed E-state index contributed by atoms with van der Waals surface area (Å²) in [5.74, 6) is -2.52. The van der Waals surface area contributed by atoms with Crippen LogP contribution in [0.5, 0.6) is 0 Å². The Morgan fingerprint density at radius 3 is 2.31 bits per heavy atom. The van der Waals surface area contributed by atoms with Crippen molar-refractivity contribution in [1.82, 2.24) is 4.90 Å². The smallest absolute Gasteiger partial charge is 0.239 e. The number of ketones is 1. The second-order valence-corrected chi connectivity index (χ2v) is 8.24. The SMILES string of the molecule is O=C(c1ccc(F)cc1)[C@@H]1[C@@H]2C(=O)N(c3ccc(Cl)cc3)C(=O)[C@H]2[C@H]2CCCN21. The van der Waals surface area contributed by atoms with E-state index in [4.69, 9.17) is 11.6 Å². The fourth-order valence-electron chi connectivity index (χ4n) is 5.14. The van der Waals surface area contributed by atoms with Gasteiger partial charge in [0.1, 0.15) is 5.82 Å². The lowest BCUT2D eigenvalue weighted by Crippen LogP contribution is -2.46. The highest BCUT2D eigenvalue weighted by molar-refractivity contribution is 6.31. The van der Waals surface area contributed by atoms with E-state index in [1.165, 1.54) is 29.2 Å². The minimum absolute atomic E-state index is 0.122. The molecule has 0 N–H and O–H groups in total. The van der Waals surface area contributed by atoms with Gasteiger partial charge in [0.15, 0.2) is 5.78 Å². The number of halogens is 2. The standard InChI is InChI=1S/C22H18ClFN2O3/c23-13-5-9-15(10-6-13)26-21(28)17-16-2-1-11-25(16)19(18(17)22(26)29)20(27)12-3-7-14(24)8-4-12/h3-10,16-19H,1-2,11H2/t16-,17+,18-,19+/m1/s1. The Bertz CT molecular complexity index is 1010. The summed E-state index contributed by atoms with van der Waals surface area (Å²) >= 11 is 5.94. The van der Waals surface area contributed by atoms with E-state index in [0.29, 0.717) is 22.8 Å². The van der Waals surface area contributed by atoms with Crippen LogP contribution >= 0.6 is 11.6 Å². The number of benzene rings is 2. The number of hydrogen-bond acceptors (Lipinski definition) is 4. The van der Waals surface area contributed by atoms with Gasteiger partial charge in [0, 0.05) is 16.6 Å². The second kappa shape index (κ2) is 6.75. The molecule has 3 heterocycles. The van der Waals surface area contributed by atoms with Crippen LogP contribution in [-0.4, -0.2) is 41.1 Å². The molecule has 148 valence electrons. The fraction of sp³-hybridized carbons (Fsp3) is 0.318. The van der Waals surface area contributed by atoms with Gasteiger partial charge in [0.2, 0.25) is 11.8 Å². The highest BCUT2D eigenvalue weighted by Gasteiger charge is 2.64. The van der Waals surface area contributed by atoms with Crippen molar-refractivity contribution in [3.8, 4) is 0 Å². The topological polar surface area (TPSA) is 57.7 Å². The van der Waals surface area contributed by atoms with E-state index < -0.39 is 23.7 Å². The van der Waals surface area contributed by atoms with E-state index in [9.17, 15) is 18.8 Å².